The Morgan fingerprint density at radius 1 is 1.36 bits per heavy atom. The lowest BCUT2D eigenvalue weighted by atomic mass is 10.2. The summed E-state index contributed by atoms with van der Waals surface area (Å²) in [4.78, 5) is 32.7. The zero-order valence-electron chi connectivity index (χ0n) is 14.0. The molecule has 0 aliphatic rings. The Kier molecular flexibility index (Phi) is 4.71. The van der Waals surface area contributed by atoms with Crippen molar-refractivity contribution in [2.24, 2.45) is 0 Å². The van der Waals surface area contributed by atoms with Crippen molar-refractivity contribution < 1.29 is 14.3 Å². The van der Waals surface area contributed by atoms with Crippen molar-refractivity contribution in [2.45, 2.75) is 19.9 Å². The third kappa shape index (κ3) is 3.63. The minimum absolute atomic E-state index is 0.323. The first-order valence-corrected chi connectivity index (χ1v) is 8.49. The lowest BCUT2D eigenvalue weighted by molar-refractivity contribution is -0.117. The van der Waals surface area contributed by atoms with Crippen LogP contribution in [0.3, 0.4) is 0 Å². The number of rotatable bonds is 5. The van der Waals surface area contributed by atoms with Gasteiger partial charge in [-0.25, -0.2) is 4.98 Å². The lowest BCUT2D eigenvalue weighted by Gasteiger charge is -2.12. The van der Waals surface area contributed by atoms with Gasteiger partial charge in [0.1, 0.15) is 17.5 Å². The van der Waals surface area contributed by atoms with Crippen LogP contribution in [0.1, 0.15) is 22.3 Å². The molecule has 7 nitrogen and oxygen atoms in total. The molecule has 2 amide bonds. The van der Waals surface area contributed by atoms with E-state index in [0.29, 0.717) is 16.6 Å². The number of methoxy groups -OCH3 is 1. The summed E-state index contributed by atoms with van der Waals surface area (Å²) in [5.74, 6) is -0.00894. The number of aryl methyl sites for hydroxylation is 1. The molecule has 3 rings (SSSR count). The molecule has 0 spiro atoms. The molecule has 1 aromatic carbocycles. The van der Waals surface area contributed by atoms with Crippen LogP contribution in [0.15, 0.2) is 30.5 Å². The number of carbonyl (C=O) groups is 2. The third-order valence-electron chi connectivity index (χ3n) is 3.68. The summed E-state index contributed by atoms with van der Waals surface area (Å²) in [6, 6.07) is 6.52. The summed E-state index contributed by atoms with van der Waals surface area (Å²) in [6.07, 6.45) is 1.68. The van der Waals surface area contributed by atoms with E-state index in [2.05, 4.69) is 20.6 Å². The number of fused-ring (bicyclic) bond motifs is 1. The number of anilines is 1. The lowest BCUT2D eigenvalue weighted by Crippen LogP contribution is -2.41. The van der Waals surface area contributed by atoms with Gasteiger partial charge in [-0.1, -0.05) is 6.07 Å². The molecule has 0 radical (unpaired) electrons. The number of thiazole rings is 1. The molecule has 130 valence electrons. The number of aromatic nitrogens is 2. The van der Waals surface area contributed by atoms with Gasteiger partial charge in [0.15, 0.2) is 5.13 Å². The molecule has 0 fully saturated rings. The first-order chi connectivity index (χ1) is 12.0. The minimum Gasteiger partial charge on any atom is -0.496 e. The van der Waals surface area contributed by atoms with E-state index in [-0.39, 0.29) is 11.8 Å². The second-order valence-electron chi connectivity index (χ2n) is 5.56. The number of aromatic amines is 1. The quantitative estimate of drug-likeness (QED) is 0.653. The highest BCUT2D eigenvalue weighted by atomic mass is 32.1. The summed E-state index contributed by atoms with van der Waals surface area (Å²) < 4.78 is 5.29. The van der Waals surface area contributed by atoms with E-state index in [4.69, 9.17) is 4.74 Å². The molecule has 0 unspecified atom stereocenters. The van der Waals surface area contributed by atoms with Gasteiger partial charge in [0, 0.05) is 22.0 Å². The van der Waals surface area contributed by atoms with Crippen LogP contribution in [0, 0.1) is 6.92 Å². The monoisotopic (exact) mass is 358 g/mol. The van der Waals surface area contributed by atoms with Gasteiger partial charge in [0.25, 0.3) is 5.91 Å². The van der Waals surface area contributed by atoms with Crippen molar-refractivity contribution in [3.8, 4) is 5.75 Å². The second kappa shape index (κ2) is 6.94. The Morgan fingerprint density at radius 2 is 2.16 bits per heavy atom. The number of carbonyl (C=O) groups excluding carboxylic acids is 2. The normalized spacial score (nSPS) is 12.0. The average molecular weight is 358 g/mol. The van der Waals surface area contributed by atoms with Crippen LogP contribution in [0.2, 0.25) is 0 Å². The molecule has 0 saturated carbocycles. The van der Waals surface area contributed by atoms with Gasteiger partial charge in [0.2, 0.25) is 5.91 Å². The molecular weight excluding hydrogens is 340 g/mol. The summed E-state index contributed by atoms with van der Waals surface area (Å²) >= 11 is 1.38. The molecule has 1 atom stereocenters. The van der Waals surface area contributed by atoms with Gasteiger partial charge in [0.05, 0.1) is 7.11 Å². The zero-order chi connectivity index (χ0) is 18.0. The molecule has 8 heteroatoms. The SMILES string of the molecule is COc1cccc2[nH]c(C(=O)N[C@@H](C)C(=O)Nc3ncc(C)s3)cc12. The largest absolute Gasteiger partial charge is 0.496 e. The highest BCUT2D eigenvalue weighted by Gasteiger charge is 2.19. The van der Waals surface area contributed by atoms with Gasteiger partial charge in [-0.2, -0.15) is 0 Å². The molecule has 25 heavy (non-hydrogen) atoms. The van der Waals surface area contributed by atoms with Crippen molar-refractivity contribution in [2.75, 3.05) is 12.4 Å². The minimum atomic E-state index is -0.704. The maximum atomic E-state index is 12.4. The first-order valence-electron chi connectivity index (χ1n) is 7.68. The Bertz CT molecular complexity index is 931. The third-order valence-corrected chi connectivity index (χ3v) is 4.51. The van der Waals surface area contributed by atoms with Crippen molar-refractivity contribution >= 4 is 39.2 Å². The predicted octanol–water partition coefficient (Wildman–Crippen LogP) is 2.70. The van der Waals surface area contributed by atoms with E-state index >= 15 is 0 Å². The Morgan fingerprint density at radius 3 is 2.84 bits per heavy atom. The summed E-state index contributed by atoms with van der Waals surface area (Å²) in [5.41, 5.74) is 1.16. The van der Waals surface area contributed by atoms with Gasteiger partial charge in [-0.15, -0.1) is 11.3 Å². The average Bonchev–Trinajstić information content (AvgIpc) is 3.20. The Balaban J connectivity index is 1.70. The number of hydrogen-bond donors (Lipinski definition) is 3. The number of nitrogens with one attached hydrogen (secondary N) is 3. The molecule has 0 saturated heterocycles. The number of ether oxygens (including phenoxy) is 1. The number of amides is 2. The Hall–Kier alpha value is -2.87. The van der Waals surface area contributed by atoms with Crippen molar-refractivity contribution in [3.63, 3.8) is 0 Å². The number of benzene rings is 1. The smallest absolute Gasteiger partial charge is 0.268 e. The van der Waals surface area contributed by atoms with Crippen molar-refractivity contribution in [1.29, 1.82) is 0 Å². The van der Waals surface area contributed by atoms with Crippen LogP contribution < -0.4 is 15.4 Å². The number of H-pyrrole nitrogens is 1. The standard InChI is InChI=1S/C17H18N4O3S/c1-9-8-18-17(25-9)21-15(22)10(2)19-16(23)13-7-11-12(20-13)5-4-6-14(11)24-3/h4-8,10,20H,1-3H3,(H,19,23)(H,18,21,22)/t10-/m0/s1. The van der Waals surface area contributed by atoms with E-state index in [1.165, 1.54) is 11.3 Å². The highest BCUT2D eigenvalue weighted by Crippen LogP contribution is 2.26. The summed E-state index contributed by atoms with van der Waals surface area (Å²) in [5, 5.41) is 6.69. The fourth-order valence-corrected chi connectivity index (χ4v) is 3.06. The van der Waals surface area contributed by atoms with E-state index in [9.17, 15) is 9.59 Å². The second-order valence-corrected chi connectivity index (χ2v) is 6.80. The van der Waals surface area contributed by atoms with Gasteiger partial charge in [-0.3, -0.25) is 9.59 Å². The molecule has 2 aromatic heterocycles. The van der Waals surface area contributed by atoms with E-state index < -0.39 is 6.04 Å². The van der Waals surface area contributed by atoms with Gasteiger partial charge >= 0.3 is 0 Å². The first kappa shape index (κ1) is 17.0. The van der Waals surface area contributed by atoms with Crippen molar-refractivity contribution in [1.82, 2.24) is 15.3 Å². The highest BCUT2D eigenvalue weighted by molar-refractivity contribution is 7.15. The van der Waals surface area contributed by atoms with E-state index in [0.717, 1.165) is 15.8 Å². The molecule has 0 bridgehead atoms. The zero-order valence-corrected chi connectivity index (χ0v) is 14.9. The molecule has 3 N–H and O–H groups in total. The summed E-state index contributed by atoms with van der Waals surface area (Å²) in [6.45, 7) is 3.53. The number of hydrogen-bond acceptors (Lipinski definition) is 5. The van der Waals surface area contributed by atoms with Crippen LogP contribution in [0.5, 0.6) is 5.75 Å². The molecule has 0 aliphatic carbocycles. The maximum absolute atomic E-state index is 12.4. The molecule has 0 aliphatic heterocycles. The van der Waals surface area contributed by atoms with Crippen LogP contribution in [0.4, 0.5) is 5.13 Å². The summed E-state index contributed by atoms with van der Waals surface area (Å²) in [7, 11) is 1.58. The van der Waals surface area contributed by atoms with E-state index in [1.54, 1.807) is 26.3 Å². The van der Waals surface area contributed by atoms with E-state index in [1.807, 2.05) is 25.1 Å². The van der Waals surface area contributed by atoms with Crippen LogP contribution >= 0.6 is 11.3 Å². The van der Waals surface area contributed by atoms with Crippen LogP contribution in [0.25, 0.3) is 10.9 Å². The molecular formula is C17H18N4O3S. The Labute approximate surface area is 148 Å². The molecule has 3 aromatic rings. The predicted molar refractivity (Wildman–Crippen MR) is 97.3 cm³/mol. The topological polar surface area (TPSA) is 96.1 Å². The number of nitrogens with zero attached hydrogens (tertiary/aromatic N) is 1. The van der Waals surface area contributed by atoms with Crippen LogP contribution in [-0.4, -0.2) is 34.9 Å². The fourth-order valence-electron chi connectivity index (χ4n) is 2.39. The molecule has 2 heterocycles. The van der Waals surface area contributed by atoms with Gasteiger partial charge in [-0.05, 0) is 32.0 Å². The fraction of sp³-hybridized carbons (Fsp3) is 0.235. The maximum Gasteiger partial charge on any atom is 0.268 e. The van der Waals surface area contributed by atoms with Crippen molar-refractivity contribution in [3.05, 3.63) is 41.0 Å². The van der Waals surface area contributed by atoms with Crippen LogP contribution in [-0.2, 0) is 4.79 Å². The van der Waals surface area contributed by atoms with Gasteiger partial charge < -0.3 is 20.4 Å².